The first-order valence-corrected chi connectivity index (χ1v) is 11.3. The van der Waals surface area contributed by atoms with Crippen LogP contribution >= 0.6 is 0 Å². The van der Waals surface area contributed by atoms with Gasteiger partial charge in [0.25, 0.3) is 0 Å². The molecule has 35 heavy (non-hydrogen) atoms. The highest BCUT2D eigenvalue weighted by molar-refractivity contribution is 5.88. The number of fused-ring (bicyclic) bond motifs is 1. The normalized spacial score (nSPS) is 13.7. The minimum atomic E-state index is 0.334. The number of ether oxygens (including phenoxy) is 1. The van der Waals surface area contributed by atoms with Crippen molar-refractivity contribution in [1.82, 2.24) is 34.6 Å². The quantitative estimate of drug-likeness (QED) is 0.431. The second kappa shape index (κ2) is 9.15. The Morgan fingerprint density at radius 2 is 2.03 bits per heavy atom. The summed E-state index contributed by atoms with van der Waals surface area (Å²) in [5.74, 6) is 3.02. The fraction of sp³-hybridized carbons (Fsp3) is 0.333. The number of imidazole rings is 1. The van der Waals surface area contributed by atoms with Crippen molar-refractivity contribution in [2.75, 3.05) is 43.9 Å². The Kier molecular flexibility index (Phi) is 5.88. The van der Waals surface area contributed by atoms with Crippen molar-refractivity contribution in [3.8, 4) is 17.7 Å². The van der Waals surface area contributed by atoms with E-state index in [1.807, 2.05) is 36.7 Å². The van der Waals surface area contributed by atoms with E-state index in [1.54, 1.807) is 18.5 Å². The molecule has 11 heteroatoms. The predicted molar refractivity (Wildman–Crippen MR) is 132 cm³/mol. The van der Waals surface area contributed by atoms with Crippen LogP contribution in [-0.2, 0) is 7.05 Å². The van der Waals surface area contributed by atoms with Gasteiger partial charge in [0, 0.05) is 38.7 Å². The van der Waals surface area contributed by atoms with Crippen LogP contribution in [-0.4, -0.2) is 68.3 Å². The Morgan fingerprint density at radius 3 is 2.71 bits per heavy atom. The monoisotopic (exact) mass is 470 g/mol. The molecule has 0 bridgehead atoms. The van der Waals surface area contributed by atoms with Crippen LogP contribution in [0.15, 0.2) is 36.8 Å². The van der Waals surface area contributed by atoms with Crippen LogP contribution < -0.4 is 15.0 Å². The maximum atomic E-state index is 9.05. The summed E-state index contributed by atoms with van der Waals surface area (Å²) >= 11 is 0. The number of nitriles is 1. The molecular weight excluding hydrogens is 444 g/mol. The van der Waals surface area contributed by atoms with Gasteiger partial charge in [0.2, 0.25) is 5.88 Å². The number of aromatic nitrogens is 6. The molecule has 1 saturated heterocycles. The molecule has 4 aromatic heterocycles. The van der Waals surface area contributed by atoms with E-state index in [2.05, 4.69) is 54.4 Å². The van der Waals surface area contributed by atoms with Crippen molar-refractivity contribution in [3.63, 3.8) is 0 Å². The minimum Gasteiger partial charge on any atom is -0.437 e. The van der Waals surface area contributed by atoms with Gasteiger partial charge < -0.3 is 24.4 Å². The summed E-state index contributed by atoms with van der Waals surface area (Å²) in [5, 5.41) is 21.1. The standard InChI is InChI=1S/C24H26N10O/c1-15-7-17(9-25)26-10-19(15)35-22-8-18(23-24(29-22)33(4)14-27-23)28-20-5-6-21(31-30-20)34-12-16(13-34)11-32(2)3/h5-8,10,14,16H,11-13H2,1-4H3,(H,28,29,30). The SMILES string of the molecule is Cc1cc(C#N)ncc1Oc1cc(Nc2ccc(N3CC(CN(C)C)C3)nn2)c2ncn(C)c2n1. The Balaban J connectivity index is 1.36. The molecular formula is C24H26N10O. The summed E-state index contributed by atoms with van der Waals surface area (Å²) in [5.41, 5.74) is 3.16. The Hall–Kier alpha value is -4.30. The van der Waals surface area contributed by atoms with Gasteiger partial charge in [-0.15, -0.1) is 10.2 Å². The van der Waals surface area contributed by atoms with Gasteiger partial charge in [-0.2, -0.15) is 10.2 Å². The Morgan fingerprint density at radius 1 is 1.20 bits per heavy atom. The average Bonchev–Trinajstić information content (AvgIpc) is 3.19. The lowest BCUT2D eigenvalue weighted by Crippen LogP contribution is -2.51. The number of hydrogen-bond acceptors (Lipinski definition) is 10. The number of nitrogens with zero attached hydrogens (tertiary/aromatic N) is 9. The molecule has 5 rings (SSSR count). The molecule has 1 fully saturated rings. The molecule has 178 valence electrons. The molecule has 0 aromatic carbocycles. The summed E-state index contributed by atoms with van der Waals surface area (Å²) in [6, 6.07) is 9.36. The highest BCUT2D eigenvalue weighted by atomic mass is 16.5. The van der Waals surface area contributed by atoms with Crippen LogP contribution in [0, 0.1) is 24.2 Å². The van der Waals surface area contributed by atoms with Crippen LogP contribution in [0.25, 0.3) is 11.2 Å². The first kappa shape index (κ1) is 22.5. The summed E-state index contributed by atoms with van der Waals surface area (Å²) in [6.45, 7) is 4.91. The lowest BCUT2D eigenvalue weighted by atomic mass is 10.00. The number of nitrogens with one attached hydrogen (secondary N) is 1. The van der Waals surface area contributed by atoms with Gasteiger partial charge in [-0.05, 0) is 44.8 Å². The number of rotatable bonds is 7. The smallest absolute Gasteiger partial charge is 0.223 e. The van der Waals surface area contributed by atoms with Gasteiger partial charge in [-0.25, -0.2) is 9.97 Å². The van der Waals surface area contributed by atoms with E-state index in [-0.39, 0.29) is 0 Å². The number of hydrogen-bond donors (Lipinski definition) is 1. The van der Waals surface area contributed by atoms with Crippen LogP contribution in [0.2, 0.25) is 0 Å². The van der Waals surface area contributed by atoms with Gasteiger partial charge in [-0.1, -0.05) is 0 Å². The first-order valence-electron chi connectivity index (χ1n) is 11.3. The fourth-order valence-electron chi connectivity index (χ4n) is 4.13. The zero-order valence-electron chi connectivity index (χ0n) is 20.1. The summed E-state index contributed by atoms with van der Waals surface area (Å²) in [6.07, 6.45) is 3.23. The number of anilines is 3. The average molecular weight is 471 g/mol. The molecule has 1 aliphatic heterocycles. The molecule has 4 aromatic rings. The third-order valence-corrected chi connectivity index (χ3v) is 5.85. The molecule has 0 saturated carbocycles. The third-order valence-electron chi connectivity index (χ3n) is 5.85. The highest BCUT2D eigenvalue weighted by Crippen LogP contribution is 2.31. The molecule has 5 heterocycles. The van der Waals surface area contributed by atoms with Crippen LogP contribution in [0.3, 0.4) is 0 Å². The van der Waals surface area contributed by atoms with Crippen molar-refractivity contribution >= 4 is 28.5 Å². The maximum absolute atomic E-state index is 9.05. The molecule has 0 radical (unpaired) electrons. The molecule has 1 N–H and O–H groups in total. The molecule has 0 spiro atoms. The summed E-state index contributed by atoms with van der Waals surface area (Å²) in [7, 11) is 6.06. The van der Waals surface area contributed by atoms with Gasteiger partial charge in [0.1, 0.15) is 17.3 Å². The van der Waals surface area contributed by atoms with Crippen molar-refractivity contribution in [3.05, 3.63) is 48.0 Å². The van der Waals surface area contributed by atoms with Gasteiger partial charge >= 0.3 is 0 Å². The topological polar surface area (TPSA) is 121 Å². The molecule has 0 aliphatic carbocycles. The minimum absolute atomic E-state index is 0.334. The van der Waals surface area contributed by atoms with Crippen molar-refractivity contribution in [2.24, 2.45) is 13.0 Å². The lowest BCUT2D eigenvalue weighted by Gasteiger charge is -2.41. The van der Waals surface area contributed by atoms with E-state index < -0.39 is 0 Å². The zero-order valence-corrected chi connectivity index (χ0v) is 20.1. The van der Waals surface area contributed by atoms with Gasteiger partial charge in [-0.3, -0.25) is 0 Å². The number of aryl methyl sites for hydroxylation is 2. The number of pyridine rings is 2. The first-order chi connectivity index (χ1) is 16.9. The van der Waals surface area contributed by atoms with Crippen LogP contribution in [0.4, 0.5) is 17.3 Å². The van der Waals surface area contributed by atoms with Crippen molar-refractivity contribution in [1.29, 1.82) is 5.26 Å². The second-order valence-electron chi connectivity index (χ2n) is 9.02. The van der Waals surface area contributed by atoms with Crippen LogP contribution in [0.1, 0.15) is 11.3 Å². The van der Waals surface area contributed by atoms with E-state index in [0.717, 1.165) is 31.0 Å². The Labute approximate surface area is 203 Å². The van der Waals surface area contributed by atoms with E-state index in [9.17, 15) is 0 Å². The van der Waals surface area contributed by atoms with E-state index in [1.165, 1.54) is 6.20 Å². The van der Waals surface area contributed by atoms with Gasteiger partial charge in [0.15, 0.2) is 23.0 Å². The predicted octanol–water partition coefficient (Wildman–Crippen LogP) is 2.87. The summed E-state index contributed by atoms with van der Waals surface area (Å²) in [4.78, 5) is 17.6. The second-order valence-corrected chi connectivity index (χ2v) is 9.02. The molecule has 11 nitrogen and oxygen atoms in total. The molecule has 1 aliphatic rings. The molecule has 0 unspecified atom stereocenters. The lowest BCUT2D eigenvalue weighted by molar-refractivity contribution is 0.282. The molecule has 0 amide bonds. The molecule has 0 atom stereocenters. The summed E-state index contributed by atoms with van der Waals surface area (Å²) < 4.78 is 7.84. The maximum Gasteiger partial charge on any atom is 0.223 e. The highest BCUT2D eigenvalue weighted by Gasteiger charge is 2.28. The zero-order chi connectivity index (χ0) is 24.5. The third kappa shape index (κ3) is 4.69. The van der Waals surface area contributed by atoms with E-state index in [4.69, 9.17) is 10.00 Å². The Bertz CT molecular complexity index is 1400. The fourth-order valence-corrected chi connectivity index (χ4v) is 4.13. The largest absolute Gasteiger partial charge is 0.437 e. The van der Waals surface area contributed by atoms with E-state index in [0.29, 0.717) is 45.9 Å². The van der Waals surface area contributed by atoms with Crippen LogP contribution in [0.5, 0.6) is 11.6 Å². The van der Waals surface area contributed by atoms with Gasteiger partial charge in [0.05, 0.1) is 18.2 Å². The van der Waals surface area contributed by atoms with Crippen molar-refractivity contribution in [2.45, 2.75) is 6.92 Å². The van der Waals surface area contributed by atoms with E-state index >= 15 is 0 Å². The van der Waals surface area contributed by atoms with Crippen molar-refractivity contribution < 1.29 is 4.74 Å².